The quantitative estimate of drug-likeness (QED) is 0.394. The average molecular weight is 470 g/mol. The van der Waals surface area contributed by atoms with Crippen LogP contribution in [0.4, 0.5) is 17.6 Å². The van der Waals surface area contributed by atoms with E-state index in [0.29, 0.717) is 5.95 Å². The molecule has 0 radical (unpaired) electrons. The molecule has 180 valence electrons. The van der Waals surface area contributed by atoms with E-state index < -0.39 is 0 Å². The maximum absolute atomic E-state index is 4.71. The maximum Gasteiger partial charge on any atom is 0.206 e. The number of hydrogen-bond acceptors (Lipinski definition) is 8. The third-order valence-corrected chi connectivity index (χ3v) is 6.80. The van der Waals surface area contributed by atoms with E-state index >= 15 is 0 Å². The number of piperidine rings is 1. The lowest BCUT2D eigenvalue weighted by molar-refractivity contribution is 0.233. The van der Waals surface area contributed by atoms with Gasteiger partial charge in [0, 0.05) is 63.6 Å². The van der Waals surface area contributed by atoms with Gasteiger partial charge in [-0.05, 0) is 49.1 Å². The fraction of sp³-hybridized carbons (Fsp3) is 0.385. The molecular formula is C26H31N9. The number of H-pyrrole nitrogens is 1. The Balaban J connectivity index is 1.19. The number of aromatic amines is 1. The first-order chi connectivity index (χ1) is 17.3. The van der Waals surface area contributed by atoms with E-state index in [2.05, 4.69) is 70.7 Å². The molecule has 2 fully saturated rings. The molecule has 5 heterocycles. The Morgan fingerprint density at radius 1 is 0.886 bits per heavy atom. The topological polar surface area (TPSA) is 97.9 Å². The van der Waals surface area contributed by atoms with Crippen LogP contribution in [0.15, 0.2) is 48.9 Å². The number of pyridine rings is 1. The minimum absolute atomic E-state index is 0.681. The van der Waals surface area contributed by atoms with Crippen LogP contribution in [0.25, 0.3) is 22.3 Å². The van der Waals surface area contributed by atoms with Crippen molar-refractivity contribution in [2.75, 3.05) is 49.5 Å². The molecule has 0 spiro atoms. The Morgan fingerprint density at radius 2 is 1.77 bits per heavy atom. The lowest BCUT2D eigenvalue weighted by Gasteiger charge is -2.27. The van der Waals surface area contributed by atoms with E-state index in [1.807, 2.05) is 12.3 Å². The summed E-state index contributed by atoms with van der Waals surface area (Å²) >= 11 is 0. The highest BCUT2D eigenvalue weighted by molar-refractivity contribution is 5.83. The number of imidazole rings is 1. The first-order valence-electron chi connectivity index (χ1n) is 12.5. The highest BCUT2D eigenvalue weighted by Crippen LogP contribution is 2.26. The van der Waals surface area contributed by atoms with Crippen molar-refractivity contribution in [1.29, 1.82) is 0 Å². The molecule has 3 aromatic heterocycles. The Morgan fingerprint density at radius 3 is 2.66 bits per heavy atom. The first kappa shape index (κ1) is 21.9. The van der Waals surface area contributed by atoms with Gasteiger partial charge in [0.15, 0.2) is 0 Å². The molecule has 2 aliphatic rings. The zero-order valence-corrected chi connectivity index (χ0v) is 19.9. The largest absolute Gasteiger partial charge is 0.357 e. The molecule has 1 aromatic carbocycles. The Bertz CT molecular complexity index is 1290. The summed E-state index contributed by atoms with van der Waals surface area (Å²) in [5.74, 6) is 2.48. The lowest BCUT2D eigenvalue weighted by Crippen LogP contribution is -2.42. The summed E-state index contributed by atoms with van der Waals surface area (Å²) in [7, 11) is 0. The molecule has 4 aromatic rings. The molecular weight excluding hydrogens is 438 g/mol. The summed E-state index contributed by atoms with van der Waals surface area (Å²) in [6.07, 6.45) is 7.28. The Hall–Kier alpha value is -3.56. The molecule has 0 bridgehead atoms. The van der Waals surface area contributed by atoms with Gasteiger partial charge in [-0.2, -0.15) is 0 Å². The van der Waals surface area contributed by atoms with Crippen LogP contribution in [-0.2, 0) is 6.54 Å². The second-order valence-corrected chi connectivity index (χ2v) is 9.33. The summed E-state index contributed by atoms with van der Waals surface area (Å²) < 4.78 is 0. The van der Waals surface area contributed by atoms with Crippen molar-refractivity contribution in [3.63, 3.8) is 0 Å². The van der Waals surface area contributed by atoms with Crippen LogP contribution in [0.3, 0.4) is 0 Å². The number of rotatable bonds is 6. The van der Waals surface area contributed by atoms with E-state index in [0.717, 1.165) is 79.7 Å². The second kappa shape index (κ2) is 9.97. The number of nitrogens with one attached hydrogen (secondary N) is 3. The van der Waals surface area contributed by atoms with E-state index in [4.69, 9.17) is 4.98 Å². The zero-order valence-electron chi connectivity index (χ0n) is 19.9. The average Bonchev–Trinajstić information content (AvgIpc) is 3.31. The molecule has 9 heteroatoms. The van der Waals surface area contributed by atoms with E-state index in [9.17, 15) is 0 Å². The molecule has 0 atom stereocenters. The number of piperazine rings is 1. The van der Waals surface area contributed by atoms with Gasteiger partial charge in [0.05, 0.1) is 16.7 Å². The zero-order chi connectivity index (χ0) is 23.5. The summed E-state index contributed by atoms with van der Waals surface area (Å²) in [6, 6.07) is 12.5. The lowest BCUT2D eigenvalue weighted by atomic mass is 10.1. The van der Waals surface area contributed by atoms with E-state index in [1.165, 1.54) is 24.8 Å². The summed E-state index contributed by atoms with van der Waals surface area (Å²) in [5, 5.41) is 6.74. The minimum atomic E-state index is 0.681. The van der Waals surface area contributed by atoms with Gasteiger partial charge in [0.2, 0.25) is 5.95 Å². The monoisotopic (exact) mass is 469 g/mol. The van der Waals surface area contributed by atoms with Gasteiger partial charge < -0.3 is 20.5 Å². The molecule has 3 N–H and O–H groups in total. The molecule has 6 rings (SSSR count). The van der Waals surface area contributed by atoms with Gasteiger partial charge in [-0.3, -0.25) is 4.90 Å². The smallest absolute Gasteiger partial charge is 0.206 e. The van der Waals surface area contributed by atoms with Crippen LogP contribution in [-0.4, -0.2) is 69.1 Å². The molecule has 2 saturated heterocycles. The number of aromatic nitrogens is 5. The van der Waals surface area contributed by atoms with Gasteiger partial charge >= 0.3 is 0 Å². The molecule has 0 unspecified atom stereocenters. The second-order valence-electron chi connectivity index (χ2n) is 9.33. The van der Waals surface area contributed by atoms with Crippen LogP contribution in [0.2, 0.25) is 0 Å². The number of hydrogen-bond donors (Lipinski definition) is 3. The van der Waals surface area contributed by atoms with Gasteiger partial charge in [-0.1, -0.05) is 6.07 Å². The van der Waals surface area contributed by atoms with Gasteiger partial charge in [0.25, 0.3) is 0 Å². The fourth-order valence-electron chi connectivity index (χ4n) is 4.92. The van der Waals surface area contributed by atoms with Crippen molar-refractivity contribution in [3.05, 3.63) is 54.5 Å². The van der Waals surface area contributed by atoms with Gasteiger partial charge in [-0.15, -0.1) is 0 Å². The predicted octanol–water partition coefficient (Wildman–Crippen LogP) is 3.55. The predicted molar refractivity (Wildman–Crippen MR) is 139 cm³/mol. The SMILES string of the molecule is c1cc(CN2CCNCC2)cc(Nc2nc3ccc(-c4cc(N5CCCCC5)ncn4)cc3[nH]2)n1. The summed E-state index contributed by atoms with van der Waals surface area (Å²) in [5.41, 5.74) is 5.08. The molecule has 0 aliphatic carbocycles. The Kier molecular flexibility index (Phi) is 6.25. The van der Waals surface area contributed by atoms with Crippen LogP contribution in [0, 0.1) is 0 Å². The highest BCUT2D eigenvalue weighted by Gasteiger charge is 2.14. The van der Waals surface area contributed by atoms with Crippen molar-refractivity contribution in [2.24, 2.45) is 0 Å². The Labute approximate surface area is 205 Å². The number of nitrogens with zero attached hydrogens (tertiary/aromatic N) is 6. The minimum Gasteiger partial charge on any atom is -0.357 e. The van der Waals surface area contributed by atoms with Crippen molar-refractivity contribution < 1.29 is 0 Å². The number of anilines is 3. The van der Waals surface area contributed by atoms with Crippen LogP contribution >= 0.6 is 0 Å². The summed E-state index contributed by atoms with van der Waals surface area (Å²) in [4.78, 5) is 26.5. The van der Waals surface area contributed by atoms with Crippen molar-refractivity contribution in [3.8, 4) is 11.3 Å². The molecule has 35 heavy (non-hydrogen) atoms. The van der Waals surface area contributed by atoms with Crippen LogP contribution < -0.4 is 15.5 Å². The van der Waals surface area contributed by atoms with Crippen molar-refractivity contribution >= 4 is 28.6 Å². The summed E-state index contributed by atoms with van der Waals surface area (Å²) in [6.45, 7) is 7.30. The third kappa shape index (κ3) is 5.11. The molecule has 2 aliphatic heterocycles. The number of benzene rings is 1. The van der Waals surface area contributed by atoms with Crippen molar-refractivity contribution in [1.82, 2.24) is 35.1 Å². The molecule has 0 saturated carbocycles. The molecule has 9 nitrogen and oxygen atoms in total. The van der Waals surface area contributed by atoms with E-state index in [-0.39, 0.29) is 0 Å². The van der Waals surface area contributed by atoms with Crippen LogP contribution in [0.1, 0.15) is 24.8 Å². The highest BCUT2D eigenvalue weighted by atomic mass is 15.2. The molecule has 0 amide bonds. The number of fused-ring (bicyclic) bond motifs is 1. The first-order valence-corrected chi connectivity index (χ1v) is 12.5. The maximum atomic E-state index is 4.71. The standard InChI is InChI=1S/C26H31N9/c1-2-10-35(11-3-1)25-16-22(29-18-30-25)20-4-5-21-23(15-20)32-26(31-21)33-24-14-19(6-7-28-24)17-34-12-8-27-9-13-34/h4-7,14-16,18,27H,1-3,8-13,17H2,(H2,28,31,32,33). The van der Waals surface area contributed by atoms with Crippen LogP contribution in [0.5, 0.6) is 0 Å². The fourth-order valence-corrected chi connectivity index (χ4v) is 4.92. The van der Waals surface area contributed by atoms with Gasteiger partial charge in [0.1, 0.15) is 18.0 Å². The normalized spacial score (nSPS) is 17.1. The van der Waals surface area contributed by atoms with Gasteiger partial charge in [-0.25, -0.2) is 19.9 Å². The van der Waals surface area contributed by atoms with Crippen molar-refractivity contribution in [2.45, 2.75) is 25.8 Å². The van der Waals surface area contributed by atoms with E-state index in [1.54, 1.807) is 6.33 Å². The third-order valence-electron chi connectivity index (χ3n) is 6.80.